The monoisotopic (exact) mass is 418 g/mol. The molecule has 3 aliphatic rings. The van der Waals surface area contributed by atoms with Crippen LogP contribution < -0.4 is 16.0 Å². The first kappa shape index (κ1) is 19.9. The van der Waals surface area contributed by atoms with Crippen molar-refractivity contribution in [2.24, 2.45) is 0 Å². The normalized spacial score (nSPS) is 25.2. The highest BCUT2D eigenvalue weighted by molar-refractivity contribution is 6.05. The number of amides is 3. The molecule has 5 rings (SSSR count). The molecule has 0 saturated carbocycles. The highest BCUT2D eigenvalue weighted by Gasteiger charge is 2.39. The van der Waals surface area contributed by atoms with Gasteiger partial charge in [-0.15, -0.1) is 0 Å². The van der Waals surface area contributed by atoms with Gasteiger partial charge in [-0.1, -0.05) is 42.5 Å². The summed E-state index contributed by atoms with van der Waals surface area (Å²) in [6, 6.07) is 16.3. The van der Waals surface area contributed by atoms with E-state index in [9.17, 15) is 14.4 Å². The fourth-order valence-electron chi connectivity index (χ4n) is 4.78. The fraction of sp³-hybridized carbons (Fsp3) is 0.375. The molecule has 7 heteroatoms. The van der Waals surface area contributed by atoms with Gasteiger partial charge < -0.3 is 15.5 Å². The van der Waals surface area contributed by atoms with Crippen LogP contribution in [-0.2, 0) is 22.7 Å². The van der Waals surface area contributed by atoms with E-state index in [1.165, 1.54) is 5.56 Å². The van der Waals surface area contributed by atoms with Gasteiger partial charge in [0.1, 0.15) is 6.04 Å². The second-order valence-electron chi connectivity index (χ2n) is 8.55. The number of nitrogens with one attached hydrogen (secondary N) is 3. The predicted octanol–water partition coefficient (Wildman–Crippen LogP) is 1.29. The highest BCUT2D eigenvalue weighted by Crippen LogP contribution is 2.28. The summed E-state index contributed by atoms with van der Waals surface area (Å²) < 4.78 is 0. The van der Waals surface area contributed by atoms with Gasteiger partial charge in [-0.3, -0.25) is 19.7 Å². The molecule has 0 aromatic heterocycles. The Bertz CT molecular complexity index is 1020. The second-order valence-corrected chi connectivity index (χ2v) is 8.55. The van der Waals surface area contributed by atoms with E-state index in [0.717, 1.165) is 30.8 Å². The van der Waals surface area contributed by atoms with Gasteiger partial charge in [-0.05, 0) is 29.2 Å². The van der Waals surface area contributed by atoms with Crippen molar-refractivity contribution in [3.8, 4) is 0 Å². The maximum absolute atomic E-state index is 12.8. The summed E-state index contributed by atoms with van der Waals surface area (Å²) in [6.45, 7) is 3.01. The molecule has 3 amide bonds. The Morgan fingerprint density at radius 2 is 1.90 bits per heavy atom. The quantitative estimate of drug-likeness (QED) is 0.615. The minimum Gasteiger partial charge on any atom is -0.322 e. The minimum absolute atomic E-state index is 0.131. The SMILES string of the molecule is O=C1CCC(N2Cc3cc(CNC[C@@H]4NC[C@H]4c4ccccc4)ccc3C2=O)C(=O)N1. The number of hydrogen-bond donors (Lipinski definition) is 3. The topological polar surface area (TPSA) is 90.5 Å². The van der Waals surface area contributed by atoms with Gasteiger partial charge >= 0.3 is 0 Å². The van der Waals surface area contributed by atoms with Crippen LogP contribution in [-0.4, -0.2) is 47.8 Å². The van der Waals surface area contributed by atoms with Crippen LogP contribution in [0.4, 0.5) is 0 Å². The fourth-order valence-corrected chi connectivity index (χ4v) is 4.78. The molecule has 2 aromatic carbocycles. The van der Waals surface area contributed by atoms with Crippen LogP contribution >= 0.6 is 0 Å². The molecule has 0 spiro atoms. The first-order chi connectivity index (χ1) is 15.1. The van der Waals surface area contributed by atoms with E-state index in [1.54, 1.807) is 4.90 Å². The molecule has 2 fully saturated rings. The van der Waals surface area contributed by atoms with E-state index in [1.807, 2.05) is 18.2 Å². The molecule has 3 aliphatic heterocycles. The second kappa shape index (κ2) is 8.24. The Labute approximate surface area is 181 Å². The van der Waals surface area contributed by atoms with Crippen LogP contribution in [0.2, 0.25) is 0 Å². The summed E-state index contributed by atoms with van der Waals surface area (Å²) in [5.41, 5.74) is 4.08. The van der Waals surface area contributed by atoms with Gasteiger partial charge in [0.05, 0.1) is 0 Å². The molecular weight excluding hydrogens is 392 g/mol. The summed E-state index contributed by atoms with van der Waals surface area (Å²) in [4.78, 5) is 38.0. The van der Waals surface area contributed by atoms with E-state index in [-0.39, 0.29) is 24.1 Å². The number of carbonyl (C=O) groups excluding carboxylic acids is 3. The highest BCUT2D eigenvalue weighted by atomic mass is 16.2. The van der Waals surface area contributed by atoms with Crippen molar-refractivity contribution in [2.75, 3.05) is 13.1 Å². The predicted molar refractivity (Wildman–Crippen MR) is 115 cm³/mol. The van der Waals surface area contributed by atoms with E-state index >= 15 is 0 Å². The van der Waals surface area contributed by atoms with Crippen LogP contribution in [0.25, 0.3) is 0 Å². The maximum Gasteiger partial charge on any atom is 0.255 e. The van der Waals surface area contributed by atoms with Crippen molar-refractivity contribution < 1.29 is 14.4 Å². The Morgan fingerprint density at radius 3 is 2.65 bits per heavy atom. The molecule has 3 heterocycles. The van der Waals surface area contributed by atoms with Gasteiger partial charge in [0.15, 0.2) is 0 Å². The van der Waals surface area contributed by atoms with Gasteiger partial charge in [0.2, 0.25) is 11.8 Å². The van der Waals surface area contributed by atoms with Crippen molar-refractivity contribution in [2.45, 2.75) is 43.9 Å². The van der Waals surface area contributed by atoms with Crippen molar-refractivity contribution >= 4 is 17.7 Å². The standard InChI is InChI=1S/C24H26N4O3/c29-22-9-8-21(23(30)27-22)28-14-17-10-15(6-7-18(17)24(28)31)11-25-13-20-19(12-26-20)16-4-2-1-3-5-16/h1-7,10,19-21,25-26H,8-9,11-14H2,(H,27,29,30)/t19-,20-,21?/m0/s1. The average molecular weight is 418 g/mol. The summed E-state index contributed by atoms with van der Waals surface area (Å²) in [6.07, 6.45) is 0.653. The molecule has 2 saturated heterocycles. The average Bonchev–Trinajstić information content (AvgIpc) is 3.07. The molecule has 160 valence electrons. The zero-order chi connectivity index (χ0) is 21.4. The van der Waals surface area contributed by atoms with E-state index in [0.29, 0.717) is 30.5 Å². The minimum atomic E-state index is -0.571. The number of carbonyl (C=O) groups is 3. The number of rotatable bonds is 6. The molecule has 3 atom stereocenters. The van der Waals surface area contributed by atoms with Crippen molar-refractivity contribution in [1.82, 2.24) is 20.9 Å². The molecule has 0 aliphatic carbocycles. The van der Waals surface area contributed by atoms with Gasteiger partial charge in [0, 0.05) is 50.1 Å². The molecule has 7 nitrogen and oxygen atoms in total. The first-order valence-electron chi connectivity index (χ1n) is 10.9. The van der Waals surface area contributed by atoms with Crippen LogP contribution in [0.5, 0.6) is 0 Å². The summed E-state index contributed by atoms with van der Waals surface area (Å²) >= 11 is 0. The molecule has 1 unspecified atom stereocenters. The Morgan fingerprint density at radius 1 is 1.06 bits per heavy atom. The lowest BCUT2D eigenvalue weighted by atomic mass is 9.85. The molecule has 2 aromatic rings. The van der Waals surface area contributed by atoms with Crippen molar-refractivity contribution in [1.29, 1.82) is 0 Å². The van der Waals surface area contributed by atoms with Crippen LogP contribution in [0.15, 0.2) is 48.5 Å². The summed E-state index contributed by atoms with van der Waals surface area (Å²) in [5, 5.41) is 9.37. The molecule has 0 radical (unpaired) electrons. The third-order valence-corrected chi connectivity index (χ3v) is 6.59. The van der Waals surface area contributed by atoms with Crippen molar-refractivity contribution in [3.05, 3.63) is 70.8 Å². The van der Waals surface area contributed by atoms with Crippen molar-refractivity contribution in [3.63, 3.8) is 0 Å². The number of imide groups is 1. The smallest absolute Gasteiger partial charge is 0.255 e. The van der Waals surface area contributed by atoms with Gasteiger partial charge in [-0.25, -0.2) is 0 Å². The molecule has 0 bridgehead atoms. The van der Waals surface area contributed by atoms with E-state index in [4.69, 9.17) is 0 Å². The Balaban J connectivity index is 1.18. The summed E-state index contributed by atoms with van der Waals surface area (Å²) in [5.74, 6) is -0.240. The van der Waals surface area contributed by atoms with Crippen LogP contribution in [0.3, 0.4) is 0 Å². The molecule has 3 N–H and O–H groups in total. The number of nitrogens with zero attached hydrogens (tertiary/aromatic N) is 1. The van der Waals surface area contributed by atoms with Gasteiger partial charge in [0.25, 0.3) is 5.91 Å². The summed E-state index contributed by atoms with van der Waals surface area (Å²) in [7, 11) is 0. The molecule has 31 heavy (non-hydrogen) atoms. The number of hydrogen-bond acceptors (Lipinski definition) is 5. The van der Waals surface area contributed by atoms with Crippen LogP contribution in [0.1, 0.15) is 45.8 Å². The Kier molecular flexibility index (Phi) is 5.29. The third kappa shape index (κ3) is 3.86. The largest absolute Gasteiger partial charge is 0.322 e. The lowest BCUT2D eigenvalue weighted by Gasteiger charge is -2.38. The first-order valence-corrected chi connectivity index (χ1v) is 10.9. The lowest BCUT2D eigenvalue weighted by Crippen LogP contribution is -2.55. The zero-order valence-corrected chi connectivity index (χ0v) is 17.3. The van der Waals surface area contributed by atoms with Crippen LogP contribution in [0, 0.1) is 0 Å². The molecular formula is C24H26N4O3. The Hall–Kier alpha value is -3.03. The zero-order valence-electron chi connectivity index (χ0n) is 17.3. The third-order valence-electron chi connectivity index (χ3n) is 6.59. The number of benzene rings is 2. The van der Waals surface area contributed by atoms with E-state index in [2.05, 4.69) is 46.3 Å². The lowest BCUT2D eigenvalue weighted by molar-refractivity contribution is -0.136. The van der Waals surface area contributed by atoms with E-state index < -0.39 is 6.04 Å². The number of fused-ring (bicyclic) bond motifs is 1. The maximum atomic E-state index is 12.8. The number of piperidine rings is 1. The van der Waals surface area contributed by atoms with Gasteiger partial charge in [-0.2, -0.15) is 0 Å².